The Labute approximate surface area is 97.6 Å². The van der Waals surface area contributed by atoms with E-state index in [9.17, 15) is 18.0 Å². The summed E-state index contributed by atoms with van der Waals surface area (Å²) >= 11 is 0. The van der Waals surface area contributed by atoms with Crippen LogP contribution >= 0.6 is 0 Å². The first-order valence-electron chi connectivity index (χ1n) is 5.51. The maximum atomic E-state index is 12.3. The summed E-state index contributed by atoms with van der Waals surface area (Å²) in [5, 5.41) is 0. The van der Waals surface area contributed by atoms with Gasteiger partial charge in [0.2, 0.25) is 5.78 Å². The van der Waals surface area contributed by atoms with Crippen molar-refractivity contribution in [3.8, 4) is 0 Å². The average Bonchev–Trinajstić information content (AvgIpc) is 2.56. The van der Waals surface area contributed by atoms with Crippen LogP contribution in [0.3, 0.4) is 0 Å². The lowest BCUT2D eigenvalue weighted by atomic mass is 9.79. The molecule has 17 heavy (non-hydrogen) atoms. The number of halogens is 3. The number of carbonyl (C=O) groups is 1. The van der Waals surface area contributed by atoms with E-state index in [1.807, 2.05) is 18.2 Å². The zero-order valence-corrected chi connectivity index (χ0v) is 9.47. The highest BCUT2D eigenvalue weighted by molar-refractivity contribution is 5.85. The number of benzene rings is 1. The molecule has 92 valence electrons. The van der Waals surface area contributed by atoms with Crippen LogP contribution in [0.15, 0.2) is 24.3 Å². The number of alkyl halides is 3. The highest BCUT2D eigenvalue weighted by Gasteiger charge is 2.44. The lowest BCUT2D eigenvalue weighted by molar-refractivity contribution is -0.172. The summed E-state index contributed by atoms with van der Waals surface area (Å²) in [6, 6.07) is 7.42. The third-order valence-corrected chi connectivity index (χ3v) is 3.48. The van der Waals surface area contributed by atoms with Crippen molar-refractivity contribution in [3.05, 3.63) is 35.4 Å². The Morgan fingerprint density at radius 1 is 1.35 bits per heavy atom. The summed E-state index contributed by atoms with van der Waals surface area (Å²) in [4.78, 5) is 11.1. The maximum Gasteiger partial charge on any atom is 0.450 e. The van der Waals surface area contributed by atoms with E-state index in [0.717, 1.165) is 17.5 Å². The van der Waals surface area contributed by atoms with Crippen molar-refractivity contribution in [1.29, 1.82) is 0 Å². The van der Waals surface area contributed by atoms with E-state index in [2.05, 4.69) is 0 Å². The summed E-state index contributed by atoms with van der Waals surface area (Å²) in [7, 11) is 0. The molecule has 0 N–H and O–H groups in total. The molecule has 1 unspecified atom stereocenters. The fraction of sp³-hybridized carbons (Fsp3) is 0.462. The number of aryl methyl sites for hydroxylation is 1. The molecule has 1 aliphatic rings. The molecule has 0 radical (unpaired) electrons. The van der Waals surface area contributed by atoms with Gasteiger partial charge in [-0.1, -0.05) is 31.2 Å². The number of hydrogen-bond acceptors (Lipinski definition) is 1. The molecule has 0 saturated carbocycles. The van der Waals surface area contributed by atoms with Gasteiger partial charge < -0.3 is 0 Å². The van der Waals surface area contributed by atoms with Crippen molar-refractivity contribution in [3.63, 3.8) is 0 Å². The minimum atomic E-state index is -4.72. The number of Topliss-reactive ketones (excluding diaryl/α,β-unsaturated/α-hetero) is 1. The fourth-order valence-corrected chi connectivity index (χ4v) is 2.51. The van der Waals surface area contributed by atoms with Crippen LogP contribution in [0.25, 0.3) is 0 Å². The topological polar surface area (TPSA) is 17.1 Å². The van der Waals surface area contributed by atoms with Crippen molar-refractivity contribution in [2.24, 2.45) is 0 Å². The minimum Gasteiger partial charge on any atom is -0.290 e. The number of hydrogen-bond donors (Lipinski definition) is 0. The predicted octanol–water partition coefficient (Wildman–Crippen LogP) is 3.41. The van der Waals surface area contributed by atoms with E-state index in [4.69, 9.17) is 0 Å². The average molecular weight is 242 g/mol. The first kappa shape index (κ1) is 12.1. The quantitative estimate of drug-likeness (QED) is 0.776. The van der Waals surface area contributed by atoms with Crippen molar-refractivity contribution in [2.75, 3.05) is 0 Å². The van der Waals surface area contributed by atoms with Gasteiger partial charge in [-0.3, -0.25) is 4.79 Å². The molecular formula is C13H13F3O. The van der Waals surface area contributed by atoms with E-state index in [1.165, 1.54) is 0 Å². The third-order valence-electron chi connectivity index (χ3n) is 3.48. The molecule has 0 saturated heterocycles. The zero-order valence-electron chi connectivity index (χ0n) is 9.47. The van der Waals surface area contributed by atoms with Crippen LogP contribution in [0.2, 0.25) is 0 Å². The van der Waals surface area contributed by atoms with Crippen molar-refractivity contribution < 1.29 is 18.0 Å². The molecule has 0 aromatic heterocycles. The van der Waals surface area contributed by atoms with Crippen LogP contribution in [0, 0.1) is 0 Å². The van der Waals surface area contributed by atoms with Gasteiger partial charge in [0, 0.05) is 11.8 Å². The van der Waals surface area contributed by atoms with E-state index in [1.54, 1.807) is 13.0 Å². The van der Waals surface area contributed by atoms with Crippen molar-refractivity contribution in [1.82, 2.24) is 0 Å². The molecule has 4 heteroatoms. The van der Waals surface area contributed by atoms with Gasteiger partial charge in [-0.25, -0.2) is 0 Å². The first-order valence-corrected chi connectivity index (χ1v) is 5.51. The molecule has 0 bridgehead atoms. The highest BCUT2D eigenvalue weighted by Crippen LogP contribution is 2.42. The van der Waals surface area contributed by atoms with Gasteiger partial charge in [-0.05, 0) is 24.0 Å². The molecule has 0 amide bonds. The molecule has 1 nitrogen and oxygen atoms in total. The van der Waals surface area contributed by atoms with E-state index in [0.29, 0.717) is 6.42 Å². The Morgan fingerprint density at radius 3 is 2.65 bits per heavy atom. The Kier molecular flexibility index (Phi) is 2.76. The Bertz CT molecular complexity index is 450. The SMILES string of the molecule is CC1(CC(=O)C(F)(F)F)CCc2ccccc21. The van der Waals surface area contributed by atoms with Crippen LogP contribution < -0.4 is 0 Å². The summed E-state index contributed by atoms with van der Waals surface area (Å²) in [6.45, 7) is 1.74. The standard InChI is InChI=1S/C13H13F3O/c1-12(8-11(17)13(14,15)16)7-6-9-4-2-3-5-10(9)12/h2-5H,6-8H2,1H3. The second kappa shape index (κ2) is 3.86. The molecule has 1 aromatic carbocycles. The minimum absolute atomic E-state index is 0.451. The number of rotatable bonds is 2. The van der Waals surface area contributed by atoms with Gasteiger partial charge in [0.15, 0.2) is 0 Å². The highest BCUT2D eigenvalue weighted by atomic mass is 19.4. The Balaban J connectivity index is 2.26. The third kappa shape index (κ3) is 2.21. The van der Waals surface area contributed by atoms with Gasteiger partial charge in [0.25, 0.3) is 0 Å². The van der Waals surface area contributed by atoms with Gasteiger partial charge >= 0.3 is 6.18 Å². The molecule has 2 rings (SSSR count). The smallest absolute Gasteiger partial charge is 0.290 e. The van der Waals surface area contributed by atoms with Gasteiger partial charge in [0.1, 0.15) is 0 Å². The van der Waals surface area contributed by atoms with Crippen LogP contribution in [-0.2, 0) is 16.6 Å². The van der Waals surface area contributed by atoms with Crippen LogP contribution in [0.1, 0.15) is 30.9 Å². The maximum absolute atomic E-state index is 12.3. The molecule has 1 aromatic rings. The van der Waals surface area contributed by atoms with Gasteiger partial charge in [-0.2, -0.15) is 13.2 Å². The number of fused-ring (bicyclic) bond motifs is 1. The van der Waals surface area contributed by atoms with Gasteiger partial charge in [-0.15, -0.1) is 0 Å². The monoisotopic (exact) mass is 242 g/mol. The molecule has 1 aliphatic carbocycles. The predicted molar refractivity (Wildman–Crippen MR) is 57.8 cm³/mol. The van der Waals surface area contributed by atoms with Crippen LogP contribution in [-0.4, -0.2) is 12.0 Å². The van der Waals surface area contributed by atoms with E-state index < -0.39 is 23.8 Å². The summed E-state index contributed by atoms with van der Waals surface area (Å²) in [5.74, 6) is -1.63. The molecule has 0 fully saturated rings. The van der Waals surface area contributed by atoms with Crippen LogP contribution in [0.5, 0.6) is 0 Å². The summed E-state index contributed by atoms with van der Waals surface area (Å²) in [5.41, 5.74) is 1.28. The molecule has 1 atom stereocenters. The lowest BCUT2D eigenvalue weighted by Crippen LogP contribution is -2.31. The zero-order chi connectivity index (χ0) is 12.7. The van der Waals surface area contributed by atoms with E-state index in [-0.39, 0.29) is 0 Å². The fourth-order valence-electron chi connectivity index (χ4n) is 2.51. The van der Waals surface area contributed by atoms with Crippen molar-refractivity contribution in [2.45, 2.75) is 37.8 Å². The number of ketones is 1. The number of carbonyl (C=O) groups excluding carboxylic acids is 1. The lowest BCUT2D eigenvalue weighted by Gasteiger charge is -2.25. The van der Waals surface area contributed by atoms with Crippen LogP contribution in [0.4, 0.5) is 13.2 Å². The Morgan fingerprint density at radius 2 is 2.00 bits per heavy atom. The van der Waals surface area contributed by atoms with Gasteiger partial charge in [0.05, 0.1) is 0 Å². The van der Waals surface area contributed by atoms with Crippen molar-refractivity contribution >= 4 is 5.78 Å². The Hall–Kier alpha value is -1.32. The summed E-state index contributed by atoms with van der Waals surface area (Å²) in [6.07, 6.45) is -3.82. The molecule has 0 aliphatic heterocycles. The molecule has 0 heterocycles. The van der Waals surface area contributed by atoms with E-state index >= 15 is 0 Å². The molecule has 0 spiro atoms. The largest absolute Gasteiger partial charge is 0.450 e. The second-order valence-electron chi connectivity index (χ2n) is 4.82. The normalized spacial score (nSPS) is 23.5. The second-order valence-corrected chi connectivity index (χ2v) is 4.82. The summed E-state index contributed by atoms with van der Waals surface area (Å²) < 4.78 is 36.9. The first-order chi connectivity index (χ1) is 7.83. The molecular weight excluding hydrogens is 229 g/mol.